The number of hydrogen-bond donors (Lipinski definition) is 0. The fraction of sp³-hybridized carbons (Fsp3) is 0.130. The van der Waals surface area contributed by atoms with Crippen LogP contribution in [0.15, 0.2) is 169 Å². The summed E-state index contributed by atoms with van der Waals surface area (Å²) >= 11 is -1.03. The van der Waals surface area contributed by atoms with Crippen molar-refractivity contribution in [2.24, 2.45) is 0 Å². The molecule has 0 aliphatic heterocycles. The number of rotatable bonds is 8. The van der Waals surface area contributed by atoms with Gasteiger partial charge >= 0.3 is 292 Å². The molecule has 0 radical (unpaired) electrons. The first-order chi connectivity index (χ1) is 24.6. The van der Waals surface area contributed by atoms with Gasteiger partial charge in [0.05, 0.1) is 0 Å². The quantitative estimate of drug-likeness (QED) is 0.160. The molecule has 2 aliphatic carbocycles. The molecular formula is C46H44Cl2N2SiZr. The van der Waals surface area contributed by atoms with Gasteiger partial charge in [-0.25, -0.2) is 0 Å². The molecule has 0 N–H and O–H groups in total. The first-order valence-corrected chi connectivity index (χ1v) is 23.4. The zero-order valence-electron chi connectivity index (χ0n) is 30.2. The minimum absolute atomic E-state index is 0. The van der Waals surface area contributed by atoms with Gasteiger partial charge in [-0.1, -0.05) is 13.1 Å². The average Bonchev–Trinajstić information content (AvgIpc) is 3.66. The van der Waals surface area contributed by atoms with Crippen molar-refractivity contribution in [2.75, 3.05) is 9.80 Å². The van der Waals surface area contributed by atoms with Gasteiger partial charge in [-0.2, -0.15) is 0 Å². The fourth-order valence-electron chi connectivity index (χ4n) is 7.23. The van der Waals surface area contributed by atoms with Crippen LogP contribution in [0.5, 0.6) is 0 Å². The van der Waals surface area contributed by atoms with E-state index in [0.29, 0.717) is 16.8 Å². The van der Waals surface area contributed by atoms with Crippen LogP contribution in [0.25, 0.3) is 12.2 Å². The van der Waals surface area contributed by atoms with Crippen molar-refractivity contribution in [3.8, 4) is 0 Å². The Kier molecular flexibility index (Phi) is 13.8. The van der Waals surface area contributed by atoms with E-state index in [1.54, 1.807) is 0 Å². The number of hydrogen-bond acceptors (Lipinski definition) is 2. The first kappa shape index (κ1) is 39.3. The Morgan fingerprint density at radius 1 is 0.423 bits per heavy atom. The summed E-state index contributed by atoms with van der Waals surface area (Å²) in [6.07, 6.45) is 4.96. The molecule has 0 amide bonds. The number of allylic oxidation sites excluding steroid dienone is 2. The van der Waals surface area contributed by atoms with E-state index >= 15 is 0 Å². The third kappa shape index (κ3) is 8.02. The molecule has 260 valence electrons. The Hall–Kier alpha value is -3.92. The van der Waals surface area contributed by atoms with Gasteiger partial charge in [0, 0.05) is 9.52 Å². The molecule has 52 heavy (non-hydrogen) atoms. The Morgan fingerprint density at radius 2 is 0.712 bits per heavy atom. The molecule has 0 heterocycles. The van der Waals surface area contributed by atoms with Crippen LogP contribution in [0.2, 0.25) is 13.1 Å². The number of para-hydroxylation sites is 4. The second-order valence-electron chi connectivity index (χ2n) is 13.1. The summed E-state index contributed by atoms with van der Waals surface area (Å²) in [6, 6.07) is 57.0. The van der Waals surface area contributed by atoms with Crippen LogP contribution in [0, 0.1) is 0 Å². The number of anilines is 6. The number of benzene rings is 6. The van der Waals surface area contributed by atoms with Gasteiger partial charge in [0.15, 0.2) is 0 Å². The molecule has 0 spiro atoms. The van der Waals surface area contributed by atoms with E-state index in [1.165, 1.54) is 67.5 Å². The van der Waals surface area contributed by atoms with Crippen LogP contribution < -0.4 is 34.6 Å². The molecule has 2 nitrogen and oxygen atoms in total. The molecule has 8 rings (SSSR count). The van der Waals surface area contributed by atoms with E-state index in [-0.39, 0.29) is 24.8 Å². The summed E-state index contributed by atoms with van der Waals surface area (Å²) in [5.41, 5.74) is 16.0. The largest absolute Gasteiger partial charge is 1.00 e. The normalized spacial score (nSPS) is 14.8. The van der Waals surface area contributed by atoms with Gasteiger partial charge in [-0.05, 0) is 0 Å². The summed E-state index contributed by atoms with van der Waals surface area (Å²) in [7, 11) is 0.417. The van der Waals surface area contributed by atoms with Crippen LogP contribution in [0.1, 0.15) is 43.4 Å². The molecule has 6 aromatic carbocycles. The van der Waals surface area contributed by atoms with Gasteiger partial charge in [0.1, 0.15) is 0 Å². The van der Waals surface area contributed by atoms with E-state index in [2.05, 4.69) is 207 Å². The predicted octanol–water partition coefficient (Wildman–Crippen LogP) is 6.58. The Labute approximate surface area is 336 Å². The molecule has 0 aromatic heterocycles. The van der Waals surface area contributed by atoms with Crippen molar-refractivity contribution < 1.29 is 48.0 Å². The zero-order chi connectivity index (χ0) is 34.5. The molecule has 0 bridgehead atoms. The summed E-state index contributed by atoms with van der Waals surface area (Å²) in [5.74, 6) is 0. The summed E-state index contributed by atoms with van der Waals surface area (Å²) in [4.78, 5) is 4.83. The summed E-state index contributed by atoms with van der Waals surface area (Å²) in [6.45, 7) is 9.26. The van der Waals surface area contributed by atoms with Crippen molar-refractivity contribution in [2.45, 2.75) is 34.2 Å². The van der Waals surface area contributed by atoms with E-state index in [0.717, 1.165) is 0 Å². The molecule has 2 unspecified atom stereocenters. The molecule has 2 aliphatic rings. The third-order valence-electron chi connectivity index (χ3n) is 9.38. The van der Waals surface area contributed by atoms with Gasteiger partial charge in [-0.3, -0.25) is 0 Å². The van der Waals surface area contributed by atoms with Crippen molar-refractivity contribution in [3.63, 3.8) is 0 Å². The molecule has 2 atom stereocenters. The fourth-order valence-corrected chi connectivity index (χ4v) is 11.9. The van der Waals surface area contributed by atoms with Crippen molar-refractivity contribution in [1.29, 1.82) is 0 Å². The molecule has 6 aromatic rings. The maximum Gasteiger partial charge on any atom is 0.0135 e. The van der Waals surface area contributed by atoms with Crippen molar-refractivity contribution in [3.05, 3.63) is 191 Å². The smallest absolute Gasteiger partial charge is 0.0135 e. The Morgan fingerprint density at radius 3 is 1.00 bits per heavy atom. The second-order valence-corrected chi connectivity index (χ2v) is 18.2. The van der Waals surface area contributed by atoms with Crippen LogP contribution in [-0.2, 0) is 23.2 Å². The topological polar surface area (TPSA) is 6.48 Å². The van der Waals surface area contributed by atoms with E-state index in [4.69, 9.17) is 0 Å². The summed E-state index contributed by atoms with van der Waals surface area (Å²) < 4.78 is 1.04. The Bertz CT molecular complexity index is 1890. The minimum Gasteiger partial charge on any atom is -1.00 e. The molecule has 6 heteroatoms. The van der Waals surface area contributed by atoms with E-state index in [1.807, 2.05) is 0 Å². The first-order valence-electron chi connectivity index (χ1n) is 17.8. The van der Waals surface area contributed by atoms with E-state index in [9.17, 15) is 0 Å². The van der Waals surface area contributed by atoms with Crippen molar-refractivity contribution >= 4 is 55.8 Å². The van der Waals surface area contributed by atoms with Gasteiger partial charge in [-0.15, -0.1) is 0 Å². The van der Waals surface area contributed by atoms with Crippen LogP contribution >= 0.6 is 0 Å². The zero-order valence-corrected chi connectivity index (χ0v) is 35.6. The number of fused-ring (bicyclic) bond motifs is 2. The predicted molar refractivity (Wildman–Crippen MR) is 215 cm³/mol. The standard InChI is InChI=1S/2C22H18N.C2H8Si.2ClH.Zr/c2*1-17-15-18-9-8-14-22(21(18)16-17)23(19-10-4-2-5-11-19)20-12-6-3-7-13-20;1-3-2;;;/h2*2-16H,1H3;3H2,1-2H3;2*1H;/q;;;;;+2/p-2. The monoisotopic (exact) mass is 812 g/mol. The van der Waals surface area contributed by atoms with Gasteiger partial charge in [0.2, 0.25) is 0 Å². The average molecular weight is 815 g/mol. The summed E-state index contributed by atoms with van der Waals surface area (Å²) in [5, 5.41) is 0. The van der Waals surface area contributed by atoms with Gasteiger partial charge in [0.25, 0.3) is 0 Å². The molecule has 0 saturated carbocycles. The van der Waals surface area contributed by atoms with Crippen molar-refractivity contribution in [1.82, 2.24) is 0 Å². The maximum atomic E-state index is 2.48. The van der Waals surface area contributed by atoms with E-state index < -0.39 is 23.2 Å². The number of nitrogens with zero attached hydrogens (tertiary/aromatic N) is 2. The Balaban J connectivity index is 0.00000101. The maximum absolute atomic E-state index is 2.48. The molecule has 0 saturated heterocycles. The second kappa shape index (κ2) is 18.2. The van der Waals surface area contributed by atoms with Crippen LogP contribution in [0.3, 0.4) is 0 Å². The van der Waals surface area contributed by atoms with Gasteiger partial charge < -0.3 is 24.8 Å². The number of halogens is 2. The molecular weight excluding hydrogens is 771 g/mol. The third-order valence-corrected chi connectivity index (χ3v) is 14.8. The van der Waals surface area contributed by atoms with Crippen LogP contribution in [0.4, 0.5) is 34.1 Å². The van der Waals surface area contributed by atoms with Crippen LogP contribution in [-0.4, -0.2) is 9.52 Å². The SMILES string of the molecule is CC1=Cc2c(cccc2N(c2ccccc2)c2ccccc2)[CH]1[Zr+2][CH]1C(C)=Cc2c1cccc2N(c1ccccc1)c1ccccc1.C[SiH2]C.[Cl-].[Cl-]. The minimum atomic E-state index is -1.03. The molecule has 0 fully saturated rings.